The molecule has 4 N–H and O–H groups in total. The fourth-order valence-corrected chi connectivity index (χ4v) is 4.47. The van der Waals surface area contributed by atoms with Crippen LogP contribution in [-0.4, -0.2) is 40.6 Å². The smallest absolute Gasteiger partial charge is 0.328 e. The lowest BCUT2D eigenvalue weighted by Gasteiger charge is -2.30. The first-order valence-electron chi connectivity index (χ1n) is 10.6. The van der Waals surface area contributed by atoms with Crippen LogP contribution in [0.15, 0.2) is 58.0 Å². The quantitative estimate of drug-likeness (QED) is 0.549. The van der Waals surface area contributed by atoms with Crippen molar-refractivity contribution >= 4 is 25.3 Å². The molecule has 0 amide bonds. The van der Waals surface area contributed by atoms with Gasteiger partial charge in [0.25, 0.3) is 0 Å². The number of dihydropyridines is 1. The summed E-state index contributed by atoms with van der Waals surface area (Å²) < 4.78 is 16.4. The fourth-order valence-electron chi connectivity index (χ4n) is 4.14. The highest BCUT2D eigenvalue weighted by atomic mass is 31.2. The molecule has 4 rings (SSSR count). The fraction of sp³-hybridized carbons (Fsp3) is 0.333. The van der Waals surface area contributed by atoms with Crippen molar-refractivity contribution in [3.05, 3.63) is 70.3 Å². The van der Waals surface area contributed by atoms with Crippen molar-refractivity contribution in [3.63, 3.8) is 0 Å². The van der Waals surface area contributed by atoms with E-state index < -0.39 is 7.60 Å². The Bertz CT molecular complexity index is 1170. The van der Waals surface area contributed by atoms with Gasteiger partial charge in [-0.2, -0.15) is 0 Å². The van der Waals surface area contributed by atoms with Crippen molar-refractivity contribution in [1.29, 1.82) is 0 Å². The number of nitrogens with two attached hydrogens (primary N) is 1. The van der Waals surface area contributed by atoms with E-state index in [1.807, 2.05) is 31.3 Å². The lowest BCUT2D eigenvalue weighted by atomic mass is 9.83. The molecule has 0 spiro atoms. The highest BCUT2D eigenvalue weighted by Crippen LogP contribution is 2.39. The van der Waals surface area contributed by atoms with Gasteiger partial charge in [0.05, 0.1) is 18.5 Å². The maximum absolute atomic E-state index is 11.0. The Kier molecular flexibility index (Phi) is 6.33. The van der Waals surface area contributed by atoms with E-state index in [1.54, 1.807) is 0 Å². The SMILES string of the molecule is Cc1ccc2c(c1)N=C(N)C1N=CC(CCc3ccc(OCCP(=O)(O)O)cc3C)=CC21. The number of ether oxygens (including phenoxy) is 1. The van der Waals surface area contributed by atoms with Crippen LogP contribution in [-0.2, 0) is 11.0 Å². The minimum atomic E-state index is -4.05. The maximum Gasteiger partial charge on any atom is 0.328 e. The number of aryl methyl sites for hydroxylation is 3. The molecule has 0 saturated heterocycles. The zero-order valence-electron chi connectivity index (χ0n) is 18.2. The number of hydrogen-bond acceptors (Lipinski definition) is 5. The van der Waals surface area contributed by atoms with E-state index in [4.69, 9.17) is 25.2 Å². The normalized spacial score (nSPS) is 19.6. The van der Waals surface area contributed by atoms with Gasteiger partial charge in [0.2, 0.25) is 0 Å². The lowest BCUT2D eigenvalue weighted by molar-refractivity contribution is 0.316. The van der Waals surface area contributed by atoms with E-state index in [0.717, 1.165) is 35.2 Å². The molecule has 2 aromatic carbocycles. The minimum absolute atomic E-state index is 0.0115. The van der Waals surface area contributed by atoms with Crippen molar-refractivity contribution in [1.82, 2.24) is 0 Å². The summed E-state index contributed by atoms with van der Waals surface area (Å²) in [6.07, 6.45) is 5.60. The van der Waals surface area contributed by atoms with E-state index in [2.05, 4.69) is 36.2 Å². The summed E-state index contributed by atoms with van der Waals surface area (Å²) >= 11 is 0. The monoisotopic (exact) mass is 453 g/mol. The van der Waals surface area contributed by atoms with Gasteiger partial charge in [-0.05, 0) is 72.7 Å². The first-order chi connectivity index (χ1) is 15.2. The molecule has 0 saturated carbocycles. The summed E-state index contributed by atoms with van der Waals surface area (Å²) in [6, 6.07) is 11.9. The number of fused-ring (bicyclic) bond motifs is 3. The number of hydrogen-bond donors (Lipinski definition) is 3. The number of nitrogens with zero attached hydrogens (tertiary/aromatic N) is 2. The maximum atomic E-state index is 11.0. The highest BCUT2D eigenvalue weighted by Gasteiger charge is 2.32. The molecule has 2 aliphatic rings. The van der Waals surface area contributed by atoms with Crippen molar-refractivity contribution in [2.45, 2.75) is 38.6 Å². The average molecular weight is 453 g/mol. The molecular weight excluding hydrogens is 425 g/mol. The Hall–Kier alpha value is -2.73. The van der Waals surface area contributed by atoms with Crippen LogP contribution < -0.4 is 10.5 Å². The van der Waals surface area contributed by atoms with E-state index in [1.165, 1.54) is 11.1 Å². The predicted octanol–water partition coefficient (Wildman–Crippen LogP) is 3.96. The first-order valence-corrected chi connectivity index (χ1v) is 12.4. The van der Waals surface area contributed by atoms with Gasteiger partial charge in [-0.25, -0.2) is 4.99 Å². The number of rotatable bonds is 7. The van der Waals surface area contributed by atoms with Gasteiger partial charge in [-0.15, -0.1) is 0 Å². The number of amidine groups is 1. The van der Waals surface area contributed by atoms with E-state index in [-0.39, 0.29) is 24.7 Å². The molecule has 2 atom stereocenters. The van der Waals surface area contributed by atoms with Gasteiger partial charge in [-0.1, -0.05) is 24.3 Å². The molecule has 2 unspecified atom stereocenters. The van der Waals surface area contributed by atoms with Crippen molar-refractivity contribution < 1.29 is 19.1 Å². The molecule has 168 valence electrons. The number of aliphatic imine (C=N–C) groups is 2. The zero-order chi connectivity index (χ0) is 22.9. The zero-order valence-corrected chi connectivity index (χ0v) is 19.1. The second kappa shape index (κ2) is 9.02. The van der Waals surface area contributed by atoms with Gasteiger partial charge in [0.1, 0.15) is 17.6 Å². The summed E-state index contributed by atoms with van der Waals surface area (Å²) in [5.74, 6) is 1.28. The minimum Gasteiger partial charge on any atom is -0.493 e. The van der Waals surface area contributed by atoms with E-state index in [9.17, 15) is 4.57 Å². The number of allylic oxidation sites excluding steroid dienone is 1. The van der Waals surface area contributed by atoms with Gasteiger partial charge in [-0.3, -0.25) is 9.56 Å². The van der Waals surface area contributed by atoms with Crippen LogP contribution in [0.3, 0.4) is 0 Å². The first kappa shape index (κ1) is 22.5. The standard InChI is InChI=1S/C24H28N3O4P/c1-15-3-8-20-21-13-17(14-26-23(21)24(25)27-22(20)11-15)4-5-18-6-7-19(12-16(18)2)31-9-10-32(28,29)30/h3,6-8,11-14,21,23H,4-5,9-10H2,1-2H3,(H2,25,27)(H2,28,29,30). The summed E-state index contributed by atoms with van der Waals surface area (Å²) in [5.41, 5.74) is 12.9. The molecule has 2 aromatic rings. The van der Waals surface area contributed by atoms with Crippen LogP contribution in [0, 0.1) is 13.8 Å². The van der Waals surface area contributed by atoms with Gasteiger partial charge in [0, 0.05) is 12.1 Å². The molecule has 0 radical (unpaired) electrons. The summed E-state index contributed by atoms with van der Waals surface area (Å²) in [6.45, 7) is 4.05. The largest absolute Gasteiger partial charge is 0.493 e. The Balaban J connectivity index is 1.43. The molecule has 7 nitrogen and oxygen atoms in total. The molecule has 0 aromatic heterocycles. The number of benzene rings is 2. The third-order valence-corrected chi connectivity index (χ3v) is 6.65. The molecule has 2 aliphatic heterocycles. The third kappa shape index (κ3) is 5.18. The van der Waals surface area contributed by atoms with Crippen molar-refractivity contribution in [2.75, 3.05) is 12.8 Å². The molecule has 2 heterocycles. The van der Waals surface area contributed by atoms with E-state index in [0.29, 0.717) is 11.6 Å². The summed E-state index contributed by atoms with van der Waals surface area (Å²) in [4.78, 5) is 27.2. The Labute approximate surface area is 187 Å². The summed E-state index contributed by atoms with van der Waals surface area (Å²) in [7, 11) is -4.05. The Morgan fingerprint density at radius 3 is 2.69 bits per heavy atom. The molecule has 0 bridgehead atoms. The summed E-state index contributed by atoms with van der Waals surface area (Å²) in [5, 5.41) is 0. The molecule has 8 heteroatoms. The van der Waals surface area contributed by atoms with Crippen LogP contribution in [0.4, 0.5) is 5.69 Å². The van der Waals surface area contributed by atoms with E-state index >= 15 is 0 Å². The molecule has 0 fully saturated rings. The van der Waals surface area contributed by atoms with Crippen LogP contribution >= 0.6 is 7.60 Å². The predicted molar refractivity (Wildman–Crippen MR) is 127 cm³/mol. The van der Waals surface area contributed by atoms with Gasteiger partial charge >= 0.3 is 7.60 Å². The highest BCUT2D eigenvalue weighted by molar-refractivity contribution is 7.51. The Morgan fingerprint density at radius 2 is 1.94 bits per heavy atom. The van der Waals surface area contributed by atoms with Crippen LogP contribution in [0.1, 0.15) is 34.6 Å². The molecule has 0 aliphatic carbocycles. The van der Waals surface area contributed by atoms with Crippen molar-refractivity contribution in [2.24, 2.45) is 15.7 Å². The average Bonchev–Trinajstić information content (AvgIpc) is 2.72. The molecule has 32 heavy (non-hydrogen) atoms. The second-order valence-electron chi connectivity index (χ2n) is 8.41. The van der Waals surface area contributed by atoms with Crippen molar-refractivity contribution in [3.8, 4) is 5.75 Å². The lowest BCUT2D eigenvalue weighted by Crippen LogP contribution is -2.36. The van der Waals surface area contributed by atoms with Gasteiger partial charge in [0.15, 0.2) is 0 Å². The third-order valence-electron chi connectivity index (χ3n) is 5.88. The van der Waals surface area contributed by atoms with Crippen LogP contribution in [0.5, 0.6) is 5.75 Å². The topological polar surface area (TPSA) is 118 Å². The van der Waals surface area contributed by atoms with Crippen LogP contribution in [0.2, 0.25) is 0 Å². The Morgan fingerprint density at radius 1 is 1.12 bits per heavy atom. The van der Waals surface area contributed by atoms with Crippen LogP contribution in [0.25, 0.3) is 0 Å². The van der Waals surface area contributed by atoms with Gasteiger partial charge < -0.3 is 20.3 Å². The second-order valence-corrected chi connectivity index (χ2v) is 10.2. The molecular formula is C24H28N3O4P.